The number of aryl methyl sites for hydroxylation is 1. The molecule has 0 fully saturated rings. The van der Waals surface area contributed by atoms with Gasteiger partial charge in [-0.25, -0.2) is 0 Å². The Bertz CT molecular complexity index is 243. The minimum Gasteiger partial charge on any atom is -0.0887 e. The van der Waals surface area contributed by atoms with Crippen LogP contribution in [0.2, 0.25) is 0 Å². The van der Waals surface area contributed by atoms with E-state index in [0.717, 1.165) is 6.42 Å². The standard InChI is InChI=1S/C11H15Br/c1-3-11(12)8-10-6-4-5-9(2)7-10/h4-7,11H,3,8H2,1-2H3. The van der Waals surface area contributed by atoms with Crippen molar-refractivity contribution in [3.8, 4) is 0 Å². The number of rotatable bonds is 3. The maximum absolute atomic E-state index is 3.64. The second kappa shape index (κ2) is 4.66. The SMILES string of the molecule is CCC(Br)Cc1cccc(C)c1. The molecule has 1 unspecified atom stereocenters. The van der Waals surface area contributed by atoms with Gasteiger partial charge < -0.3 is 0 Å². The average Bonchev–Trinajstić information content (AvgIpc) is 2.04. The van der Waals surface area contributed by atoms with Crippen molar-refractivity contribution in [2.75, 3.05) is 0 Å². The molecule has 1 heteroatoms. The van der Waals surface area contributed by atoms with Crippen molar-refractivity contribution in [3.05, 3.63) is 35.4 Å². The molecule has 1 rings (SSSR count). The van der Waals surface area contributed by atoms with Crippen molar-refractivity contribution in [1.29, 1.82) is 0 Å². The molecule has 1 aromatic rings. The smallest absolute Gasteiger partial charge is 0.0183 e. The van der Waals surface area contributed by atoms with Crippen molar-refractivity contribution >= 4 is 15.9 Å². The first-order valence-corrected chi connectivity index (χ1v) is 5.33. The van der Waals surface area contributed by atoms with E-state index in [1.807, 2.05) is 0 Å². The molecule has 12 heavy (non-hydrogen) atoms. The fourth-order valence-corrected chi connectivity index (χ4v) is 1.61. The first-order chi connectivity index (χ1) is 5.72. The molecule has 0 aliphatic heterocycles. The first kappa shape index (κ1) is 9.79. The van der Waals surface area contributed by atoms with Crippen LogP contribution in [0.1, 0.15) is 24.5 Å². The normalized spacial score (nSPS) is 12.9. The van der Waals surface area contributed by atoms with Crippen molar-refractivity contribution in [2.24, 2.45) is 0 Å². The lowest BCUT2D eigenvalue weighted by atomic mass is 10.1. The quantitative estimate of drug-likeness (QED) is 0.690. The number of alkyl halides is 1. The monoisotopic (exact) mass is 226 g/mol. The van der Waals surface area contributed by atoms with E-state index in [1.54, 1.807) is 0 Å². The molecule has 0 aromatic heterocycles. The van der Waals surface area contributed by atoms with Crippen LogP contribution in [0.3, 0.4) is 0 Å². The molecule has 1 atom stereocenters. The third-order valence-electron chi connectivity index (χ3n) is 1.98. The van der Waals surface area contributed by atoms with Crippen molar-refractivity contribution < 1.29 is 0 Å². The van der Waals surface area contributed by atoms with E-state index in [9.17, 15) is 0 Å². The van der Waals surface area contributed by atoms with Crippen LogP contribution in [0.5, 0.6) is 0 Å². The van der Waals surface area contributed by atoms with Crippen LogP contribution in [0.4, 0.5) is 0 Å². The van der Waals surface area contributed by atoms with E-state index in [1.165, 1.54) is 17.5 Å². The molecule has 0 heterocycles. The van der Waals surface area contributed by atoms with Crippen molar-refractivity contribution in [2.45, 2.75) is 31.5 Å². The molecule has 0 saturated heterocycles. The number of hydrogen-bond donors (Lipinski definition) is 0. The molecule has 0 aliphatic rings. The molecular formula is C11H15Br. The maximum Gasteiger partial charge on any atom is 0.0183 e. The Morgan fingerprint density at radius 2 is 2.17 bits per heavy atom. The molecule has 0 nitrogen and oxygen atoms in total. The van der Waals surface area contributed by atoms with Gasteiger partial charge in [-0.15, -0.1) is 0 Å². The van der Waals surface area contributed by atoms with Crippen LogP contribution >= 0.6 is 15.9 Å². The zero-order valence-electron chi connectivity index (χ0n) is 7.68. The lowest BCUT2D eigenvalue weighted by Crippen LogP contribution is -2.00. The average molecular weight is 227 g/mol. The minimum atomic E-state index is 0.624. The summed E-state index contributed by atoms with van der Waals surface area (Å²) in [5.74, 6) is 0. The van der Waals surface area contributed by atoms with Gasteiger partial charge in [-0.2, -0.15) is 0 Å². The zero-order valence-corrected chi connectivity index (χ0v) is 9.26. The third-order valence-corrected chi connectivity index (χ3v) is 2.95. The Hall–Kier alpha value is -0.300. The Labute approximate surface area is 83.1 Å². The minimum absolute atomic E-state index is 0.624. The molecule has 0 aliphatic carbocycles. The highest BCUT2D eigenvalue weighted by Gasteiger charge is 2.01. The Morgan fingerprint density at radius 1 is 1.42 bits per heavy atom. The predicted octanol–water partition coefficient (Wildman–Crippen LogP) is 3.71. The second-order valence-electron chi connectivity index (χ2n) is 3.20. The Balaban J connectivity index is 2.63. The third kappa shape index (κ3) is 2.98. The maximum atomic E-state index is 3.64. The number of halogens is 1. The van der Waals surface area contributed by atoms with Crippen molar-refractivity contribution in [3.63, 3.8) is 0 Å². The van der Waals surface area contributed by atoms with Gasteiger partial charge in [0, 0.05) is 4.83 Å². The van der Waals surface area contributed by atoms with Gasteiger partial charge in [0.25, 0.3) is 0 Å². The zero-order chi connectivity index (χ0) is 8.97. The summed E-state index contributed by atoms with van der Waals surface area (Å²) in [4.78, 5) is 0.624. The molecule has 0 radical (unpaired) electrons. The summed E-state index contributed by atoms with van der Waals surface area (Å²) in [6, 6.07) is 8.71. The predicted molar refractivity (Wildman–Crippen MR) is 57.9 cm³/mol. The van der Waals surface area contributed by atoms with Gasteiger partial charge in [0.1, 0.15) is 0 Å². The number of benzene rings is 1. The molecule has 0 N–H and O–H groups in total. The summed E-state index contributed by atoms with van der Waals surface area (Å²) in [7, 11) is 0. The Morgan fingerprint density at radius 3 is 2.75 bits per heavy atom. The van der Waals surface area contributed by atoms with E-state index < -0.39 is 0 Å². The molecule has 0 amide bonds. The van der Waals surface area contributed by atoms with E-state index in [-0.39, 0.29) is 0 Å². The summed E-state index contributed by atoms with van der Waals surface area (Å²) in [6.45, 7) is 4.34. The van der Waals surface area contributed by atoms with Gasteiger partial charge in [0.15, 0.2) is 0 Å². The molecule has 0 bridgehead atoms. The highest BCUT2D eigenvalue weighted by molar-refractivity contribution is 9.09. The summed E-state index contributed by atoms with van der Waals surface area (Å²) < 4.78 is 0. The molecule has 1 aromatic carbocycles. The van der Waals surface area contributed by atoms with Crippen LogP contribution in [0.25, 0.3) is 0 Å². The van der Waals surface area contributed by atoms with Crippen LogP contribution in [-0.2, 0) is 6.42 Å². The number of hydrogen-bond acceptors (Lipinski definition) is 0. The summed E-state index contributed by atoms with van der Waals surface area (Å²) in [6.07, 6.45) is 2.33. The Kier molecular flexibility index (Phi) is 3.80. The molecule has 0 saturated carbocycles. The van der Waals surface area contributed by atoms with E-state index in [2.05, 4.69) is 54.0 Å². The van der Waals surface area contributed by atoms with Gasteiger partial charge in [0.05, 0.1) is 0 Å². The van der Waals surface area contributed by atoms with Gasteiger partial charge in [-0.1, -0.05) is 52.7 Å². The van der Waals surface area contributed by atoms with E-state index >= 15 is 0 Å². The topological polar surface area (TPSA) is 0 Å². The largest absolute Gasteiger partial charge is 0.0887 e. The second-order valence-corrected chi connectivity index (χ2v) is 4.49. The van der Waals surface area contributed by atoms with Crippen LogP contribution in [0, 0.1) is 6.92 Å². The highest BCUT2D eigenvalue weighted by Crippen LogP contribution is 2.13. The van der Waals surface area contributed by atoms with Gasteiger partial charge in [-0.3, -0.25) is 0 Å². The van der Waals surface area contributed by atoms with Crippen LogP contribution in [-0.4, -0.2) is 4.83 Å². The van der Waals surface area contributed by atoms with E-state index in [0.29, 0.717) is 4.83 Å². The molecule has 0 spiro atoms. The summed E-state index contributed by atoms with van der Waals surface area (Å²) in [5, 5.41) is 0. The summed E-state index contributed by atoms with van der Waals surface area (Å²) in [5.41, 5.74) is 2.78. The highest BCUT2D eigenvalue weighted by atomic mass is 79.9. The lowest BCUT2D eigenvalue weighted by Gasteiger charge is -2.06. The van der Waals surface area contributed by atoms with Crippen LogP contribution in [0.15, 0.2) is 24.3 Å². The lowest BCUT2D eigenvalue weighted by molar-refractivity contribution is 0.829. The fraction of sp³-hybridized carbons (Fsp3) is 0.455. The molecular weight excluding hydrogens is 212 g/mol. The molecule has 66 valence electrons. The summed E-state index contributed by atoms with van der Waals surface area (Å²) >= 11 is 3.64. The van der Waals surface area contributed by atoms with E-state index in [4.69, 9.17) is 0 Å². The van der Waals surface area contributed by atoms with Gasteiger partial charge >= 0.3 is 0 Å². The first-order valence-electron chi connectivity index (χ1n) is 4.42. The van der Waals surface area contributed by atoms with Crippen molar-refractivity contribution in [1.82, 2.24) is 0 Å². The van der Waals surface area contributed by atoms with Gasteiger partial charge in [-0.05, 0) is 25.3 Å². The van der Waals surface area contributed by atoms with Crippen LogP contribution < -0.4 is 0 Å². The van der Waals surface area contributed by atoms with Gasteiger partial charge in [0.2, 0.25) is 0 Å². The fourth-order valence-electron chi connectivity index (χ4n) is 1.24.